The Morgan fingerprint density at radius 1 is 1.00 bits per heavy atom. The molecule has 0 radical (unpaired) electrons. The monoisotopic (exact) mass is 446 g/mol. The first kappa shape index (κ1) is 24.7. The Morgan fingerprint density at radius 2 is 1.58 bits per heavy atom. The Morgan fingerprint density at radius 3 is 2.13 bits per heavy atom. The minimum Gasteiger partial charge on any atom is -0.480 e. The molecule has 3 N–H and O–H groups in total. The molecule has 0 bridgehead atoms. The Bertz CT molecular complexity index is 842. The summed E-state index contributed by atoms with van der Waals surface area (Å²) in [5.41, 5.74) is 4.55. The van der Waals surface area contributed by atoms with E-state index in [4.69, 9.17) is 4.74 Å². The molecule has 0 spiro atoms. The summed E-state index contributed by atoms with van der Waals surface area (Å²) in [5, 5.41) is 15.2. The lowest BCUT2D eigenvalue weighted by Gasteiger charge is -2.17. The van der Waals surface area contributed by atoms with E-state index in [-0.39, 0.29) is 24.9 Å². The van der Waals surface area contributed by atoms with Crippen molar-refractivity contribution in [3.63, 3.8) is 0 Å². The van der Waals surface area contributed by atoms with Crippen molar-refractivity contribution in [1.82, 2.24) is 10.6 Å². The van der Waals surface area contributed by atoms with Crippen LogP contribution in [0.5, 0.6) is 0 Å². The number of aliphatic carboxylic acids is 1. The minimum absolute atomic E-state index is 0. The average Bonchev–Trinajstić information content (AvgIpc) is 3.04. The van der Waals surface area contributed by atoms with E-state index in [1.807, 2.05) is 36.4 Å². The summed E-state index contributed by atoms with van der Waals surface area (Å²) in [6, 6.07) is 15.7. The minimum atomic E-state index is -1.04. The van der Waals surface area contributed by atoms with E-state index in [2.05, 4.69) is 36.6 Å². The highest BCUT2D eigenvalue weighted by atomic mass is 35.5. The van der Waals surface area contributed by atoms with Crippen LogP contribution in [0.15, 0.2) is 48.5 Å². The lowest BCUT2D eigenvalue weighted by atomic mass is 9.98. The fraction of sp³-hybridized carbons (Fsp3) is 0.417. The van der Waals surface area contributed by atoms with Gasteiger partial charge in [-0.1, -0.05) is 62.4 Å². The van der Waals surface area contributed by atoms with Gasteiger partial charge in [-0.25, -0.2) is 9.59 Å². The topological polar surface area (TPSA) is 87.7 Å². The van der Waals surface area contributed by atoms with Gasteiger partial charge in [0.2, 0.25) is 0 Å². The van der Waals surface area contributed by atoms with Gasteiger partial charge in [0.15, 0.2) is 0 Å². The van der Waals surface area contributed by atoms with Crippen molar-refractivity contribution in [3.8, 4) is 11.1 Å². The lowest BCUT2D eigenvalue weighted by molar-refractivity contribution is -0.139. The fourth-order valence-corrected chi connectivity index (χ4v) is 3.90. The summed E-state index contributed by atoms with van der Waals surface area (Å²) >= 11 is 0. The zero-order valence-electron chi connectivity index (χ0n) is 18.0. The lowest BCUT2D eigenvalue weighted by Crippen LogP contribution is -2.41. The second-order valence-electron chi connectivity index (χ2n) is 7.97. The van der Waals surface area contributed by atoms with Crippen LogP contribution in [0.4, 0.5) is 4.79 Å². The molecule has 1 aliphatic rings. The predicted molar refractivity (Wildman–Crippen MR) is 124 cm³/mol. The first-order chi connectivity index (χ1) is 14.5. The van der Waals surface area contributed by atoms with E-state index in [9.17, 15) is 14.7 Å². The third-order valence-corrected chi connectivity index (χ3v) is 5.41. The van der Waals surface area contributed by atoms with Crippen LogP contribution >= 0.6 is 12.4 Å². The van der Waals surface area contributed by atoms with Crippen LogP contribution in [0.1, 0.15) is 50.2 Å². The maximum Gasteiger partial charge on any atom is 0.407 e. The number of carboxylic acid groups (broad SMARTS) is 1. The van der Waals surface area contributed by atoms with Crippen molar-refractivity contribution >= 4 is 24.5 Å². The normalized spacial score (nSPS) is 13.1. The molecule has 0 fully saturated rings. The molecular weight excluding hydrogens is 416 g/mol. The molecule has 6 nitrogen and oxygen atoms in total. The maximum atomic E-state index is 12.3. The van der Waals surface area contributed by atoms with Crippen molar-refractivity contribution in [3.05, 3.63) is 59.7 Å². The SMILES string of the molecule is CC(C)NCCCC[C@@H](NC(=O)OCC1c2ccccc2-c2ccccc21)C(=O)O.Cl. The average molecular weight is 447 g/mol. The highest BCUT2D eigenvalue weighted by Crippen LogP contribution is 2.44. The molecule has 0 aromatic heterocycles. The number of hydrogen-bond acceptors (Lipinski definition) is 4. The third kappa shape index (κ3) is 6.45. The molecule has 0 unspecified atom stereocenters. The van der Waals surface area contributed by atoms with Crippen molar-refractivity contribution in [2.24, 2.45) is 0 Å². The molecule has 31 heavy (non-hydrogen) atoms. The molecule has 168 valence electrons. The molecule has 3 rings (SSSR count). The first-order valence-electron chi connectivity index (χ1n) is 10.5. The number of amides is 1. The summed E-state index contributed by atoms with van der Waals surface area (Å²) in [4.78, 5) is 23.8. The van der Waals surface area contributed by atoms with Gasteiger partial charge in [0.05, 0.1) is 0 Å². The van der Waals surface area contributed by atoms with Crippen LogP contribution in [0.25, 0.3) is 11.1 Å². The summed E-state index contributed by atoms with van der Waals surface area (Å²) in [5.74, 6) is -1.09. The molecule has 1 amide bonds. The van der Waals surface area contributed by atoms with Gasteiger partial charge in [-0.3, -0.25) is 0 Å². The molecule has 0 saturated heterocycles. The van der Waals surface area contributed by atoms with Gasteiger partial charge in [-0.05, 0) is 48.1 Å². The first-order valence-corrected chi connectivity index (χ1v) is 10.5. The van der Waals surface area contributed by atoms with Gasteiger partial charge in [-0.2, -0.15) is 0 Å². The second kappa shape index (κ2) is 11.7. The summed E-state index contributed by atoms with van der Waals surface area (Å²) < 4.78 is 5.45. The molecule has 0 aliphatic heterocycles. The Kier molecular flexibility index (Phi) is 9.34. The van der Waals surface area contributed by atoms with Crippen LogP contribution in [0.3, 0.4) is 0 Å². The van der Waals surface area contributed by atoms with Crippen LogP contribution < -0.4 is 10.6 Å². The number of carboxylic acids is 1. The molecule has 0 saturated carbocycles. The summed E-state index contributed by atoms with van der Waals surface area (Å²) in [6.07, 6.45) is 1.25. The number of halogens is 1. The Hall–Kier alpha value is -2.57. The number of ether oxygens (including phenoxy) is 1. The highest BCUT2D eigenvalue weighted by molar-refractivity contribution is 5.85. The van der Waals surface area contributed by atoms with Crippen LogP contribution in [0.2, 0.25) is 0 Å². The number of alkyl carbamates (subject to hydrolysis) is 1. The number of carbonyl (C=O) groups is 2. The number of carbonyl (C=O) groups excluding carboxylic acids is 1. The van der Waals surface area contributed by atoms with Gasteiger partial charge in [0.25, 0.3) is 0 Å². The smallest absolute Gasteiger partial charge is 0.407 e. The largest absolute Gasteiger partial charge is 0.480 e. The van der Waals surface area contributed by atoms with Gasteiger partial charge in [0, 0.05) is 12.0 Å². The molecule has 2 aromatic carbocycles. The van der Waals surface area contributed by atoms with Crippen molar-refractivity contribution < 1.29 is 19.4 Å². The molecule has 7 heteroatoms. The summed E-state index contributed by atoms with van der Waals surface area (Å²) in [7, 11) is 0. The van der Waals surface area contributed by atoms with E-state index in [1.165, 1.54) is 0 Å². The van der Waals surface area contributed by atoms with E-state index in [0.717, 1.165) is 35.2 Å². The zero-order valence-corrected chi connectivity index (χ0v) is 18.8. The number of fused-ring (bicyclic) bond motifs is 3. The zero-order chi connectivity index (χ0) is 21.5. The van der Waals surface area contributed by atoms with Gasteiger partial charge >= 0.3 is 12.1 Å². The molecule has 2 aromatic rings. The number of unbranched alkanes of at least 4 members (excludes halogenated alkanes) is 1. The number of nitrogens with one attached hydrogen (secondary N) is 2. The maximum absolute atomic E-state index is 12.3. The van der Waals surface area contributed by atoms with Crippen molar-refractivity contribution in [2.45, 2.75) is 51.1 Å². The van der Waals surface area contributed by atoms with Gasteiger partial charge in [-0.15, -0.1) is 12.4 Å². The van der Waals surface area contributed by atoms with E-state index in [0.29, 0.717) is 18.9 Å². The number of rotatable bonds is 10. The Balaban J connectivity index is 0.00000341. The van der Waals surface area contributed by atoms with Gasteiger partial charge in [0.1, 0.15) is 12.6 Å². The second-order valence-corrected chi connectivity index (χ2v) is 7.97. The summed E-state index contributed by atoms with van der Waals surface area (Å²) in [6.45, 7) is 5.14. The van der Waals surface area contributed by atoms with Crippen molar-refractivity contribution in [1.29, 1.82) is 0 Å². The standard InChI is InChI=1S/C24H30N2O4.ClH/c1-16(2)25-14-8-7-13-22(23(27)28)26-24(29)30-15-21-19-11-5-3-9-17(19)18-10-4-6-12-20(18)21;/h3-6,9-12,16,21-22,25H,7-8,13-15H2,1-2H3,(H,26,29)(H,27,28);1H/t22-;/m1./s1. The molecular formula is C24H31ClN2O4. The fourth-order valence-electron chi connectivity index (χ4n) is 3.90. The highest BCUT2D eigenvalue weighted by Gasteiger charge is 2.29. The van der Waals surface area contributed by atoms with Crippen molar-refractivity contribution in [2.75, 3.05) is 13.2 Å². The van der Waals surface area contributed by atoms with Crippen LogP contribution in [-0.2, 0) is 9.53 Å². The van der Waals surface area contributed by atoms with E-state index >= 15 is 0 Å². The number of hydrogen-bond donors (Lipinski definition) is 3. The van der Waals surface area contributed by atoms with Crippen LogP contribution in [0, 0.1) is 0 Å². The van der Waals surface area contributed by atoms with Gasteiger partial charge < -0.3 is 20.5 Å². The van der Waals surface area contributed by atoms with E-state index < -0.39 is 18.1 Å². The number of benzene rings is 2. The Labute approximate surface area is 189 Å². The third-order valence-electron chi connectivity index (χ3n) is 5.41. The molecule has 1 atom stereocenters. The predicted octanol–water partition coefficient (Wildman–Crippen LogP) is 4.57. The van der Waals surface area contributed by atoms with Crippen LogP contribution in [-0.4, -0.2) is 42.4 Å². The molecule has 0 heterocycles. The quantitative estimate of drug-likeness (QED) is 0.465. The molecule has 1 aliphatic carbocycles. The van der Waals surface area contributed by atoms with E-state index in [1.54, 1.807) is 0 Å².